The molecule has 0 saturated carbocycles. The van der Waals surface area contributed by atoms with E-state index in [1.165, 1.54) is 4.68 Å². The number of hydrogen-bond donors (Lipinski definition) is 0. The van der Waals surface area contributed by atoms with Gasteiger partial charge in [0.25, 0.3) is 5.88 Å². The van der Waals surface area contributed by atoms with E-state index in [9.17, 15) is 10.1 Å². The van der Waals surface area contributed by atoms with Gasteiger partial charge in [0.15, 0.2) is 0 Å². The number of aryl methyl sites for hydroxylation is 2. The van der Waals surface area contributed by atoms with E-state index in [4.69, 9.17) is 4.74 Å². The molecule has 0 spiro atoms. The molecule has 0 aliphatic carbocycles. The van der Waals surface area contributed by atoms with Crippen molar-refractivity contribution < 1.29 is 9.66 Å². The molecule has 0 radical (unpaired) electrons. The molecule has 0 unspecified atom stereocenters. The van der Waals surface area contributed by atoms with Crippen LogP contribution in [0.1, 0.15) is 5.69 Å². The van der Waals surface area contributed by atoms with Gasteiger partial charge in [0.05, 0.1) is 10.4 Å². The fourth-order valence-corrected chi connectivity index (χ4v) is 2.18. The van der Waals surface area contributed by atoms with Crippen molar-refractivity contribution in [3.05, 3.63) is 52.3 Å². The molecule has 0 fully saturated rings. The van der Waals surface area contributed by atoms with Crippen LogP contribution in [-0.4, -0.2) is 19.7 Å². The second-order valence-electron chi connectivity index (χ2n) is 4.58. The number of nitro groups is 1. The van der Waals surface area contributed by atoms with Gasteiger partial charge < -0.3 is 4.74 Å². The van der Waals surface area contributed by atoms with E-state index < -0.39 is 4.92 Å². The normalized spacial score (nSPS) is 10.8. The average Bonchev–Trinajstić information content (AvgIpc) is 2.73. The van der Waals surface area contributed by atoms with E-state index in [1.807, 2.05) is 12.1 Å². The first-order chi connectivity index (χ1) is 10.1. The largest absolute Gasteiger partial charge is 0.434 e. The Balaban J connectivity index is 2.04. The summed E-state index contributed by atoms with van der Waals surface area (Å²) in [7, 11) is 1.61. The van der Waals surface area contributed by atoms with Crippen molar-refractivity contribution in [2.45, 2.75) is 6.92 Å². The molecule has 2 heterocycles. The summed E-state index contributed by atoms with van der Waals surface area (Å²) in [5.74, 6) is 0.613. The van der Waals surface area contributed by atoms with Crippen LogP contribution in [-0.2, 0) is 7.05 Å². The van der Waals surface area contributed by atoms with Crippen LogP contribution in [0.25, 0.3) is 10.9 Å². The van der Waals surface area contributed by atoms with E-state index in [0.717, 1.165) is 10.9 Å². The van der Waals surface area contributed by atoms with E-state index >= 15 is 0 Å². The molecule has 7 heteroatoms. The molecule has 7 nitrogen and oxygen atoms in total. The summed E-state index contributed by atoms with van der Waals surface area (Å²) in [6.45, 7) is 1.58. The van der Waals surface area contributed by atoms with Gasteiger partial charge in [-0.15, -0.1) is 0 Å². The van der Waals surface area contributed by atoms with E-state index in [-0.39, 0.29) is 11.6 Å². The van der Waals surface area contributed by atoms with Gasteiger partial charge in [-0.1, -0.05) is 6.07 Å². The zero-order valence-corrected chi connectivity index (χ0v) is 11.5. The minimum Gasteiger partial charge on any atom is -0.434 e. The molecule has 0 bridgehead atoms. The molecule has 1 aromatic carbocycles. The molecule has 0 amide bonds. The second-order valence-corrected chi connectivity index (χ2v) is 4.58. The lowest BCUT2D eigenvalue weighted by molar-refractivity contribution is -0.386. The highest BCUT2D eigenvalue weighted by Gasteiger charge is 2.26. The molecule has 21 heavy (non-hydrogen) atoms. The number of benzene rings is 1. The van der Waals surface area contributed by atoms with Crippen molar-refractivity contribution >= 4 is 16.6 Å². The summed E-state index contributed by atoms with van der Waals surface area (Å²) in [5.41, 5.74) is 1.03. The smallest absolute Gasteiger partial charge is 0.353 e. The van der Waals surface area contributed by atoms with E-state index in [0.29, 0.717) is 11.4 Å². The molecular formula is C14H12N4O3. The summed E-state index contributed by atoms with van der Waals surface area (Å²) < 4.78 is 7.02. The number of fused-ring (bicyclic) bond motifs is 1. The summed E-state index contributed by atoms with van der Waals surface area (Å²) in [4.78, 5) is 14.9. The highest BCUT2D eigenvalue weighted by molar-refractivity contribution is 5.79. The summed E-state index contributed by atoms with van der Waals surface area (Å²) >= 11 is 0. The highest BCUT2D eigenvalue weighted by atomic mass is 16.6. The minimum absolute atomic E-state index is 0.112. The lowest BCUT2D eigenvalue weighted by atomic mass is 10.2. The SMILES string of the molecule is Cc1nn(C)c(Oc2ccc3ncccc3c2)c1[N+](=O)[O-]. The van der Waals surface area contributed by atoms with Gasteiger partial charge in [0, 0.05) is 18.6 Å². The minimum atomic E-state index is -0.486. The molecule has 0 aliphatic rings. The third kappa shape index (κ3) is 2.29. The van der Waals surface area contributed by atoms with Crippen molar-refractivity contribution in [2.75, 3.05) is 0 Å². The Morgan fingerprint density at radius 2 is 2.14 bits per heavy atom. The number of hydrogen-bond acceptors (Lipinski definition) is 5. The molecule has 2 aromatic heterocycles. The fraction of sp³-hybridized carbons (Fsp3) is 0.143. The predicted molar refractivity (Wildman–Crippen MR) is 76.4 cm³/mol. The zero-order valence-electron chi connectivity index (χ0n) is 11.5. The van der Waals surface area contributed by atoms with Crippen molar-refractivity contribution in [2.24, 2.45) is 7.05 Å². The Hall–Kier alpha value is -2.96. The first-order valence-corrected chi connectivity index (χ1v) is 6.27. The Kier molecular flexibility index (Phi) is 3.02. The number of rotatable bonds is 3. The van der Waals surface area contributed by atoms with E-state index in [2.05, 4.69) is 10.1 Å². The fourth-order valence-electron chi connectivity index (χ4n) is 2.18. The number of pyridine rings is 1. The first-order valence-electron chi connectivity index (χ1n) is 6.27. The molecule has 106 valence electrons. The molecule has 3 aromatic rings. The van der Waals surface area contributed by atoms with Crippen LogP contribution >= 0.6 is 0 Å². The third-order valence-corrected chi connectivity index (χ3v) is 3.11. The molecule has 0 atom stereocenters. The maximum atomic E-state index is 11.1. The average molecular weight is 284 g/mol. The van der Waals surface area contributed by atoms with Gasteiger partial charge in [-0.25, -0.2) is 4.68 Å². The van der Waals surface area contributed by atoms with Crippen LogP contribution in [0.2, 0.25) is 0 Å². The molecule has 0 aliphatic heterocycles. The van der Waals surface area contributed by atoms with Gasteiger partial charge in [-0.05, 0) is 31.2 Å². The van der Waals surface area contributed by atoms with Crippen molar-refractivity contribution in [1.29, 1.82) is 0 Å². The Bertz CT molecular complexity index is 841. The first kappa shape index (κ1) is 13.0. The topological polar surface area (TPSA) is 83.1 Å². The van der Waals surface area contributed by atoms with Crippen molar-refractivity contribution in [3.63, 3.8) is 0 Å². The van der Waals surface area contributed by atoms with Crippen LogP contribution in [0.5, 0.6) is 11.6 Å². The van der Waals surface area contributed by atoms with Crippen LogP contribution in [0.15, 0.2) is 36.5 Å². The maximum Gasteiger partial charge on any atom is 0.353 e. The van der Waals surface area contributed by atoms with Crippen molar-refractivity contribution in [3.8, 4) is 11.6 Å². The predicted octanol–water partition coefficient (Wildman–Crippen LogP) is 2.98. The Labute approximate surface area is 119 Å². The molecular weight excluding hydrogens is 272 g/mol. The van der Waals surface area contributed by atoms with Crippen LogP contribution in [0.3, 0.4) is 0 Å². The quantitative estimate of drug-likeness (QED) is 0.545. The second kappa shape index (κ2) is 4.86. The lowest BCUT2D eigenvalue weighted by Crippen LogP contribution is -1.97. The van der Waals surface area contributed by atoms with E-state index in [1.54, 1.807) is 38.4 Å². The molecule has 0 saturated heterocycles. The van der Waals surface area contributed by atoms with Crippen LogP contribution in [0, 0.1) is 17.0 Å². The van der Waals surface area contributed by atoms with Gasteiger partial charge in [0.2, 0.25) is 0 Å². The Morgan fingerprint density at radius 3 is 2.90 bits per heavy atom. The van der Waals surface area contributed by atoms with Crippen LogP contribution < -0.4 is 4.74 Å². The van der Waals surface area contributed by atoms with Crippen LogP contribution in [0.4, 0.5) is 5.69 Å². The van der Waals surface area contributed by atoms with Crippen molar-refractivity contribution in [1.82, 2.24) is 14.8 Å². The number of aromatic nitrogens is 3. The number of ether oxygens (including phenoxy) is 1. The van der Waals surface area contributed by atoms with Gasteiger partial charge in [-0.2, -0.15) is 5.10 Å². The monoisotopic (exact) mass is 284 g/mol. The number of nitrogens with zero attached hydrogens (tertiary/aromatic N) is 4. The molecule has 0 N–H and O–H groups in total. The highest BCUT2D eigenvalue weighted by Crippen LogP contribution is 2.34. The Morgan fingerprint density at radius 1 is 1.33 bits per heavy atom. The standard InChI is InChI=1S/C14H12N4O3/c1-9-13(18(19)20)14(17(2)16-9)21-11-5-6-12-10(8-11)4-3-7-15-12/h3-8H,1-2H3. The lowest BCUT2D eigenvalue weighted by Gasteiger charge is -2.06. The van der Waals surface area contributed by atoms with Gasteiger partial charge >= 0.3 is 5.69 Å². The van der Waals surface area contributed by atoms with Gasteiger partial charge in [0.1, 0.15) is 11.4 Å². The summed E-state index contributed by atoms with van der Waals surface area (Å²) in [5, 5.41) is 16.0. The molecule has 3 rings (SSSR count). The maximum absolute atomic E-state index is 11.1. The summed E-state index contributed by atoms with van der Waals surface area (Å²) in [6, 6.07) is 9.04. The van der Waals surface area contributed by atoms with Gasteiger partial charge in [-0.3, -0.25) is 15.1 Å². The third-order valence-electron chi connectivity index (χ3n) is 3.11. The summed E-state index contributed by atoms with van der Waals surface area (Å²) in [6.07, 6.45) is 1.71. The zero-order chi connectivity index (χ0) is 15.0.